The fourth-order valence-electron chi connectivity index (χ4n) is 3.18. The van der Waals surface area contributed by atoms with Gasteiger partial charge >= 0.3 is 0 Å². The van der Waals surface area contributed by atoms with Crippen molar-refractivity contribution < 1.29 is 14.3 Å². The van der Waals surface area contributed by atoms with Crippen molar-refractivity contribution in [1.82, 2.24) is 19.9 Å². The minimum Gasteiger partial charge on any atom is -0.493 e. The molecule has 10 heteroatoms. The molecule has 1 amide bonds. The maximum atomic E-state index is 12.4. The van der Waals surface area contributed by atoms with Gasteiger partial charge in [-0.2, -0.15) is 4.98 Å². The third kappa shape index (κ3) is 3.26. The molecule has 2 N–H and O–H groups in total. The predicted molar refractivity (Wildman–Crippen MR) is 107 cm³/mol. The Bertz CT molecular complexity index is 1000. The highest BCUT2D eigenvalue weighted by molar-refractivity contribution is 7.11. The van der Waals surface area contributed by atoms with Crippen molar-refractivity contribution in [3.05, 3.63) is 28.7 Å². The Balaban J connectivity index is 1.56. The first-order valence-electron chi connectivity index (χ1n) is 8.73. The summed E-state index contributed by atoms with van der Waals surface area (Å²) in [4.78, 5) is 29.5. The smallest absolute Gasteiger partial charge is 0.282 e. The topological polar surface area (TPSA) is 107 Å². The van der Waals surface area contributed by atoms with Crippen LogP contribution in [0.5, 0.6) is 11.5 Å². The summed E-state index contributed by atoms with van der Waals surface area (Å²) < 4.78 is 10.7. The number of aromatic nitrogens is 3. The SMILES string of the molecule is COc1cc2nc(N3CCN(C(=O)c4nccs4)CC3)nc(N)c2cc1OC. The molecule has 0 spiro atoms. The van der Waals surface area contributed by atoms with E-state index in [-0.39, 0.29) is 5.91 Å². The lowest BCUT2D eigenvalue weighted by atomic mass is 10.2. The summed E-state index contributed by atoms with van der Waals surface area (Å²) >= 11 is 1.35. The van der Waals surface area contributed by atoms with Crippen molar-refractivity contribution in [2.75, 3.05) is 51.0 Å². The highest BCUT2D eigenvalue weighted by Crippen LogP contribution is 2.34. The van der Waals surface area contributed by atoms with Crippen LogP contribution in [-0.2, 0) is 0 Å². The molecule has 0 unspecified atom stereocenters. The van der Waals surface area contributed by atoms with Gasteiger partial charge in [-0.15, -0.1) is 11.3 Å². The van der Waals surface area contributed by atoms with E-state index in [0.717, 1.165) is 0 Å². The number of rotatable bonds is 4. The zero-order chi connectivity index (χ0) is 19.7. The Kier molecular flexibility index (Phi) is 4.86. The highest BCUT2D eigenvalue weighted by atomic mass is 32.1. The van der Waals surface area contributed by atoms with Crippen LogP contribution < -0.4 is 20.1 Å². The Morgan fingerprint density at radius 3 is 2.46 bits per heavy atom. The van der Waals surface area contributed by atoms with E-state index in [2.05, 4.69) is 15.0 Å². The summed E-state index contributed by atoms with van der Waals surface area (Å²) in [6, 6.07) is 3.57. The first kappa shape index (κ1) is 18.2. The summed E-state index contributed by atoms with van der Waals surface area (Å²) in [5.74, 6) is 2.04. The van der Waals surface area contributed by atoms with Gasteiger partial charge in [-0.3, -0.25) is 4.79 Å². The Hall–Kier alpha value is -3.14. The van der Waals surface area contributed by atoms with Crippen LogP contribution in [0, 0.1) is 0 Å². The maximum absolute atomic E-state index is 12.4. The number of anilines is 2. The second-order valence-electron chi connectivity index (χ2n) is 6.25. The van der Waals surface area contributed by atoms with Crippen LogP contribution in [-0.4, -0.2) is 66.2 Å². The predicted octanol–water partition coefficient (Wildman–Crippen LogP) is 1.65. The number of methoxy groups -OCH3 is 2. The van der Waals surface area contributed by atoms with Crippen LogP contribution in [0.1, 0.15) is 9.80 Å². The normalized spacial score (nSPS) is 14.4. The van der Waals surface area contributed by atoms with Crippen LogP contribution >= 0.6 is 11.3 Å². The molecule has 1 aliphatic rings. The summed E-state index contributed by atoms with van der Waals surface area (Å²) in [5.41, 5.74) is 6.85. The van der Waals surface area contributed by atoms with Crippen molar-refractivity contribution in [3.8, 4) is 11.5 Å². The third-order valence-electron chi connectivity index (χ3n) is 4.68. The van der Waals surface area contributed by atoms with Gasteiger partial charge < -0.3 is 25.0 Å². The Morgan fingerprint density at radius 2 is 1.82 bits per heavy atom. The molecule has 0 atom stereocenters. The molecule has 2 aromatic heterocycles. The molecular weight excluding hydrogens is 380 g/mol. The molecule has 146 valence electrons. The number of piperazine rings is 1. The number of thiazole rings is 1. The summed E-state index contributed by atoms with van der Waals surface area (Å²) in [6.07, 6.45) is 1.64. The van der Waals surface area contributed by atoms with Gasteiger partial charge in [0.25, 0.3) is 5.91 Å². The number of fused-ring (bicyclic) bond motifs is 1. The van der Waals surface area contributed by atoms with E-state index in [9.17, 15) is 4.79 Å². The number of carbonyl (C=O) groups is 1. The molecule has 1 aliphatic heterocycles. The minimum absolute atomic E-state index is 0.0366. The number of hydrogen-bond donors (Lipinski definition) is 1. The van der Waals surface area contributed by atoms with E-state index in [4.69, 9.17) is 15.2 Å². The van der Waals surface area contributed by atoms with Crippen LogP contribution in [0.25, 0.3) is 10.9 Å². The molecule has 1 aromatic carbocycles. The van der Waals surface area contributed by atoms with Crippen molar-refractivity contribution in [1.29, 1.82) is 0 Å². The fraction of sp³-hybridized carbons (Fsp3) is 0.333. The molecule has 0 bridgehead atoms. The van der Waals surface area contributed by atoms with Crippen molar-refractivity contribution >= 4 is 39.9 Å². The van der Waals surface area contributed by atoms with Crippen LogP contribution in [0.2, 0.25) is 0 Å². The lowest BCUT2D eigenvalue weighted by Gasteiger charge is -2.34. The molecule has 0 radical (unpaired) electrons. The first-order valence-corrected chi connectivity index (χ1v) is 9.61. The van der Waals surface area contributed by atoms with Gasteiger partial charge in [0.15, 0.2) is 16.5 Å². The molecule has 3 heterocycles. The molecule has 28 heavy (non-hydrogen) atoms. The molecular formula is C18H20N6O3S. The monoisotopic (exact) mass is 400 g/mol. The molecule has 0 saturated carbocycles. The fourth-order valence-corrected chi connectivity index (χ4v) is 3.78. The highest BCUT2D eigenvalue weighted by Gasteiger charge is 2.25. The van der Waals surface area contributed by atoms with E-state index in [1.807, 2.05) is 4.90 Å². The molecule has 4 rings (SSSR count). The molecule has 1 fully saturated rings. The zero-order valence-corrected chi connectivity index (χ0v) is 16.4. The lowest BCUT2D eigenvalue weighted by molar-refractivity contribution is 0.0746. The number of amides is 1. The molecule has 1 saturated heterocycles. The second kappa shape index (κ2) is 7.47. The quantitative estimate of drug-likeness (QED) is 0.705. The molecule has 9 nitrogen and oxygen atoms in total. The van der Waals surface area contributed by atoms with Crippen LogP contribution in [0.3, 0.4) is 0 Å². The molecule has 0 aliphatic carbocycles. The number of nitrogens with zero attached hydrogens (tertiary/aromatic N) is 5. The second-order valence-corrected chi connectivity index (χ2v) is 7.14. The van der Waals surface area contributed by atoms with E-state index >= 15 is 0 Å². The van der Waals surface area contributed by atoms with Gasteiger partial charge in [0.1, 0.15) is 5.82 Å². The van der Waals surface area contributed by atoms with Crippen molar-refractivity contribution in [3.63, 3.8) is 0 Å². The first-order chi connectivity index (χ1) is 13.6. The zero-order valence-electron chi connectivity index (χ0n) is 15.6. The third-order valence-corrected chi connectivity index (χ3v) is 5.44. The van der Waals surface area contributed by atoms with Gasteiger partial charge in [0.05, 0.1) is 19.7 Å². The lowest BCUT2D eigenvalue weighted by Crippen LogP contribution is -2.49. The van der Waals surface area contributed by atoms with Gasteiger partial charge in [0.2, 0.25) is 5.95 Å². The Labute approximate surface area is 165 Å². The van der Waals surface area contributed by atoms with E-state index in [0.29, 0.717) is 65.4 Å². The maximum Gasteiger partial charge on any atom is 0.282 e. The number of hydrogen-bond acceptors (Lipinski definition) is 9. The van der Waals surface area contributed by atoms with E-state index in [1.165, 1.54) is 11.3 Å². The van der Waals surface area contributed by atoms with Crippen molar-refractivity contribution in [2.24, 2.45) is 0 Å². The number of benzene rings is 1. The summed E-state index contributed by atoms with van der Waals surface area (Å²) in [5, 5.41) is 3.03. The van der Waals surface area contributed by atoms with Gasteiger partial charge in [-0.25, -0.2) is 9.97 Å². The van der Waals surface area contributed by atoms with E-state index < -0.39 is 0 Å². The number of ether oxygens (including phenoxy) is 2. The summed E-state index contributed by atoms with van der Waals surface area (Å²) in [7, 11) is 3.15. The standard InChI is InChI=1S/C18H20N6O3S/c1-26-13-9-11-12(10-14(13)27-2)21-18(22-15(11)19)24-6-4-23(5-7-24)17(25)16-20-3-8-28-16/h3,8-10H,4-7H2,1-2H3,(H2,19,21,22). The van der Waals surface area contributed by atoms with Crippen molar-refractivity contribution in [2.45, 2.75) is 0 Å². The van der Waals surface area contributed by atoms with Crippen LogP contribution in [0.15, 0.2) is 23.7 Å². The molecule has 3 aromatic rings. The van der Waals surface area contributed by atoms with Gasteiger partial charge in [-0.05, 0) is 6.07 Å². The Morgan fingerprint density at radius 1 is 1.11 bits per heavy atom. The number of nitrogens with two attached hydrogens (primary N) is 1. The summed E-state index contributed by atoms with van der Waals surface area (Å²) in [6.45, 7) is 2.39. The number of nitrogen functional groups attached to an aromatic ring is 1. The van der Waals surface area contributed by atoms with E-state index in [1.54, 1.807) is 42.8 Å². The van der Waals surface area contributed by atoms with Crippen LogP contribution in [0.4, 0.5) is 11.8 Å². The average molecular weight is 400 g/mol. The average Bonchev–Trinajstić information content (AvgIpc) is 3.27. The van der Waals surface area contributed by atoms with Gasteiger partial charge in [-0.1, -0.05) is 0 Å². The van der Waals surface area contributed by atoms with Gasteiger partial charge in [0, 0.05) is 49.2 Å². The largest absolute Gasteiger partial charge is 0.493 e. The minimum atomic E-state index is -0.0366. The number of carbonyl (C=O) groups excluding carboxylic acids is 1.